The molecular weight excluding hydrogens is 428 g/mol. The third-order valence-corrected chi connectivity index (χ3v) is 5.24. The van der Waals surface area contributed by atoms with Crippen molar-refractivity contribution in [1.82, 2.24) is 0 Å². The van der Waals surface area contributed by atoms with E-state index in [2.05, 4.69) is 0 Å². The molecule has 0 aliphatic carbocycles. The molecule has 0 aliphatic rings. The van der Waals surface area contributed by atoms with E-state index >= 15 is 0 Å². The van der Waals surface area contributed by atoms with E-state index < -0.39 is 0 Å². The molecule has 4 aromatic rings. The summed E-state index contributed by atoms with van der Waals surface area (Å²) in [5, 5.41) is 40.1. The lowest BCUT2D eigenvalue weighted by molar-refractivity contribution is 0.473. The van der Waals surface area contributed by atoms with Crippen molar-refractivity contribution < 1.29 is 20.4 Å². The van der Waals surface area contributed by atoms with Crippen molar-refractivity contribution in [3.05, 3.63) is 119 Å². The molecule has 0 aromatic heterocycles. The summed E-state index contributed by atoms with van der Waals surface area (Å²) in [6.45, 7) is 0.638. The second kappa shape index (κ2) is 10.4. The molecule has 0 amide bonds. The van der Waals surface area contributed by atoms with E-state index in [0.29, 0.717) is 35.6 Å². The Morgan fingerprint density at radius 1 is 0.471 bits per heavy atom. The minimum Gasteiger partial charge on any atom is -0.508 e. The van der Waals surface area contributed by atoms with Crippen molar-refractivity contribution in [1.29, 1.82) is 0 Å². The molecule has 6 nitrogen and oxygen atoms in total. The lowest BCUT2D eigenvalue weighted by Crippen LogP contribution is -2.08. The average molecular weight is 453 g/mol. The number of aromatic hydroxyl groups is 4. The molecule has 170 valence electrons. The van der Waals surface area contributed by atoms with E-state index in [9.17, 15) is 20.4 Å². The largest absolute Gasteiger partial charge is 0.508 e. The molecule has 0 atom stereocenters. The lowest BCUT2D eigenvalue weighted by atomic mass is 10.0. The van der Waals surface area contributed by atoms with Crippen molar-refractivity contribution in [3.63, 3.8) is 0 Å². The molecule has 0 radical (unpaired) electrons. The molecule has 0 fully saturated rings. The molecule has 0 spiro atoms. The zero-order chi connectivity index (χ0) is 23.9. The first-order valence-corrected chi connectivity index (χ1v) is 10.8. The van der Waals surface area contributed by atoms with E-state index in [1.54, 1.807) is 84.9 Å². The van der Waals surface area contributed by atoms with Gasteiger partial charge in [-0.05, 0) is 72.8 Å². The van der Waals surface area contributed by atoms with Crippen LogP contribution in [-0.4, -0.2) is 44.9 Å². The summed E-state index contributed by atoms with van der Waals surface area (Å²) in [5.74, 6) is 0.506. The highest BCUT2D eigenvalue weighted by molar-refractivity contribution is 6.15. The van der Waals surface area contributed by atoms with Crippen LogP contribution in [0.4, 0.5) is 0 Å². The zero-order valence-corrected chi connectivity index (χ0v) is 18.3. The summed E-state index contributed by atoms with van der Waals surface area (Å²) in [5.41, 5.74) is 3.84. The van der Waals surface area contributed by atoms with E-state index in [1.807, 2.05) is 12.1 Å². The highest BCUT2D eigenvalue weighted by Crippen LogP contribution is 2.24. The normalized spacial score (nSPS) is 12.0. The van der Waals surface area contributed by atoms with E-state index in [4.69, 9.17) is 9.98 Å². The summed E-state index contributed by atoms with van der Waals surface area (Å²) in [4.78, 5) is 9.43. The highest BCUT2D eigenvalue weighted by atomic mass is 16.3. The van der Waals surface area contributed by atoms with E-state index in [1.165, 1.54) is 0 Å². The number of hydrogen-bond donors (Lipinski definition) is 4. The molecule has 0 heterocycles. The number of rotatable bonds is 7. The number of phenolic OH excluding ortho intramolecular Hbond substituents is 4. The van der Waals surface area contributed by atoms with Gasteiger partial charge in [0.05, 0.1) is 24.5 Å². The molecule has 4 N–H and O–H groups in total. The van der Waals surface area contributed by atoms with Gasteiger partial charge in [0.1, 0.15) is 23.0 Å². The SMILES string of the molecule is Oc1ccc(C(=NCCN=C(c2ccc(O)cc2)c2ccccc2O)c2ccccc2O)cc1. The Morgan fingerprint density at radius 3 is 1.18 bits per heavy atom. The topological polar surface area (TPSA) is 106 Å². The van der Waals surface area contributed by atoms with Crippen LogP contribution >= 0.6 is 0 Å². The summed E-state index contributed by atoms with van der Waals surface area (Å²) in [7, 11) is 0. The number of benzene rings is 4. The van der Waals surface area contributed by atoms with Gasteiger partial charge in [0, 0.05) is 22.3 Å². The standard InChI is InChI=1S/C28H24N2O4/c31-21-13-9-19(10-14-21)27(23-5-1-3-7-25(23)33)29-17-18-30-28(20-11-15-22(32)16-12-20)24-6-2-4-8-26(24)34/h1-16,31-34H,17-18H2. The fourth-order valence-corrected chi connectivity index (χ4v) is 3.57. The van der Waals surface area contributed by atoms with Crippen LogP contribution in [0.2, 0.25) is 0 Å². The first-order chi connectivity index (χ1) is 16.5. The Kier molecular flexibility index (Phi) is 6.89. The molecule has 0 saturated carbocycles. The first-order valence-electron chi connectivity index (χ1n) is 10.8. The van der Waals surface area contributed by atoms with Crippen molar-refractivity contribution in [2.75, 3.05) is 13.1 Å². The molecule has 0 unspecified atom stereocenters. The number of hydrogen-bond acceptors (Lipinski definition) is 6. The first kappa shape index (κ1) is 22.6. The quantitative estimate of drug-likeness (QED) is 0.237. The maximum absolute atomic E-state index is 10.4. The Balaban J connectivity index is 1.67. The van der Waals surface area contributed by atoms with Crippen LogP contribution in [-0.2, 0) is 0 Å². The predicted molar refractivity (Wildman–Crippen MR) is 133 cm³/mol. The van der Waals surface area contributed by atoms with Gasteiger partial charge in [-0.3, -0.25) is 9.98 Å². The van der Waals surface area contributed by atoms with Crippen LogP contribution < -0.4 is 0 Å². The van der Waals surface area contributed by atoms with Gasteiger partial charge in [-0.1, -0.05) is 24.3 Å². The van der Waals surface area contributed by atoms with Gasteiger partial charge in [0.2, 0.25) is 0 Å². The summed E-state index contributed by atoms with van der Waals surface area (Å²) < 4.78 is 0. The van der Waals surface area contributed by atoms with Crippen molar-refractivity contribution in [3.8, 4) is 23.0 Å². The van der Waals surface area contributed by atoms with Gasteiger partial charge >= 0.3 is 0 Å². The van der Waals surface area contributed by atoms with Crippen molar-refractivity contribution in [2.45, 2.75) is 0 Å². The maximum Gasteiger partial charge on any atom is 0.124 e. The molecule has 4 rings (SSSR count). The molecular formula is C28H24N2O4. The minimum atomic E-state index is 0.108. The van der Waals surface area contributed by atoms with Crippen LogP contribution in [0.15, 0.2) is 107 Å². The predicted octanol–water partition coefficient (Wildman–Crippen LogP) is 4.88. The van der Waals surface area contributed by atoms with Gasteiger partial charge in [-0.2, -0.15) is 0 Å². The van der Waals surface area contributed by atoms with E-state index in [-0.39, 0.29) is 23.0 Å². The average Bonchev–Trinajstić information content (AvgIpc) is 2.84. The highest BCUT2D eigenvalue weighted by Gasteiger charge is 2.13. The molecule has 0 saturated heterocycles. The Hall–Kier alpha value is -4.58. The third kappa shape index (κ3) is 5.24. The minimum absolute atomic E-state index is 0.108. The molecule has 4 aromatic carbocycles. The second-order valence-electron chi connectivity index (χ2n) is 7.59. The smallest absolute Gasteiger partial charge is 0.124 e. The number of aliphatic imine (C=N–C) groups is 2. The number of nitrogens with zero attached hydrogens (tertiary/aromatic N) is 2. The fourth-order valence-electron chi connectivity index (χ4n) is 3.57. The van der Waals surface area contributed by atoms with Gasteiger partial charge in [-0.25, -0.2) is 0 Å². The molecule has 34 heavy (non-hydrogen) atoms. The fraction of sp³-hybridized carbons (Fsp3) is 0.0714. The zero-order valence-electron chi connectivity index (χ0n) is 18.3. The van der Waals surface area contributed by atoms with Crippen LogP contribution in [0.25, 0.3) is 0 Å². The van der Waals surface area contributed by atoms with Crippen LogP contribution in [0.3, 0.4) is 0 Å². The molecule has 0 bridgehead atoms. The monoisotopic (exact) mass is 452 g/mol. The van der Waals surface area contributed by atoms with Gasteiger partial charge in [0.15, 0.2) is 0 Å². The number of phenols is 4. The van der Waals surface area contributed by atoms with Crippen molar-refractivity contribution >= 4 is 11.4 Å². The van der Waals surface area contributed by atoms with Crippen LogP contribution in [0.5, 0.6) is 23.0 Å². The van der Waals surface area contributed by atoms with Crippen LogP contribution in [0.1, 0.15) is 22.3 Å². The third-order valence-electron chi connectivity index (χ3n) is 5.24. The van der Waals surface area contributed by atoms with Crippen molar-refractivity contribution in [2.24, 2.45) is 9.98 Å². The Morgan fingerprint density at radius 2 is 0.824 bits per heavy atom. The molecule has 6 heteroatoms. The van der Waals surface area contributed by atoms with Gasteiger partial charge in [0.25, 0.3) is 0 Å². The maximum atomic E-state index is 10.4. The van der Waals surface area contributed by atoms with Gasteiger partial charge < -0.3 is 20.4 Å². The van der Waals surface area contributed by atoms with Gasteiger partial charge in [-0.15, -0.1) is 0 Å². The summed E-state index contributed by atoms with van der Waals surface area (Å²) in [6, 6.07) is 27.2. The van der Waals surface area contributed by atoms with E-state index in [0.717, 1.165) is 11.1 Å². The lowest BCUT2D eigenvalue weighted by Gasteiger charge is -2.11. The summed E-state index contributed by atoms with van der Waals surface area (Å²) in [6.07, 6.45) is 0. The number of para-hydroxylation sites is 2. The second-order valence-corrected chi connectivity index (χ2v) is 7.59. The Bertz CT molecular complexity index is 1220. The molecule has 0 aliphatic heterocycles. The summed E-state index contributed by atoms with van der Waals surface area (Å²) >= 11 is 0. The van der Waals surface area contributed by atoms with Crippen LogP contribution in [0, 0.1) is 0 Å². The Labute approximate surface area is 197 Å².